The molecule has 212 valence electrons. The van der Waals surface area contributed by atoms with Crippen molar-refractivity contribution in [3.05, 3.63) is 102 Å². The van der Waals surface area contributed by atoms with E-state index >= 15 is 0 Å². The van der Waals surface area contributed by atoms with Crippen molar-refractivity contribution >= 4 is 39.6 Å². The number of hydrogen-bond acceptors (Lipinski definition) is 8. The molecule has 0 saturated heterocycles. The summed E-state index contributed by atoms with van der Waals surface area (Å²) < 4.78 is 33.8. The molecule has 8 nitrogen and oxygen atoms in total. The maximum Gasteiger partial charge on any atom is 0.355 e. The number of rotatable bonds is 10. The zero-order valence-corrected chi connectivity index (χ0v) is 24.3. The molecule has 4 aromatic carbocycles. The summed E-state index contributed by atoms with van der Waals surface area (Å²) in [4.78, 5) is 13.8. The lowest BCUT2D eigenvalue weighted by molar-refractivity contribution is 0.0516. The maximum atomic E-state index is 13.8. The molecule has 0 radical (unpaired) electrons. The molecule has 6 rings (SSSR count). The van der Waals surface area contributed by atoms with Gasteiger partial charge in [0.15, 0.2) is 0 Å². The lowest BCUT2D eigenvalue weighted by atomic mass is 10.0. The van der Waals surface area contributed by atoms with Crippen molar-refractivity contribution in [2.75, 3.05) is 20.8 Å². The van der Waals surface area contributed by atoms with Crippen LogP contribution >= 0.6 is 11.7 Å². The summed E-state index contributed by atoms with van der Waals surface area (Å²) in [6, 6.07) is 27.4. The van der Waals surface area contributed by atoms with Crippen molar-refractivity contribution in [1.29, 1.82) is 0 Å². The lowest BCUT2D eigenvalue weighted by Crippen LogP contribution is -2.14. The molecule has 0 aliphatic heterocycles. The minimum Gasteiger partial charge on any atom is -0.497 e. The Morgan fingerprint density at radius 2 is 1.67 bits per heavy atom. The molecule has 0 N–H and O–H groups in total. The lowest BCUT2D eigenvalue weighted by Gasteiger charge is -2.15. The summed E-state index contributed by atoms with van der Waals surface area (Å²) in [5, 5.41) is 0.884. The fraction of sp³-hybridized carbons (Fsp3) is 0.182. The van der Waals surface area contributed by atoms with Gasteiger partial charge in [-0.15, -0.1) is 0 Å². The van der Waals surface area contributed by atoms with Crippen LogP contribution in [0, 0.1) is 0 Å². The molecule has 0 aliphatic carbocycles. The van der Waals surface area contributed by atoms with Crippen molar-refractivity contribution in [3.8, 4) is 28.4 Å². The number of benzene rings is 4. The molecule has 0 unspecified atom stereocenters. The second-order valence-corrected chi connectivity index (χ2v) is 10.2. The molecule has 0 saturated carbocycles. The van der Waals surface area contributed by atoms with Crippen molar-refractivity contribution in [2.45, 2.75) is 20.1 Å². The SMILES string of the molecule is CCOC(=O)c1c(-c2ccc3nsnc3c2)c2ccc(OCc3ccccc3)cc2n1Cc1cc(OC)ccc1OC. The van der Waals surface area contributed by atoms with E-state index in [2.05, 4.69) is 8.75 Å². The van der Waals surface area contributed by atoms with Gasteiger partial charge >= 0.3 is 5.97 Å². The number of fused-ring (bicyclic) bond motifs is 2. The zero-order valence-electron chi connectivity index (χ0n) is 23.5. The number of carbonyl (C=O) groups excluding carboxylic acids is 1. The second-order valence-electron chi connectivity index (χ2n) is 9.63. The van der Waals surface area contributed by atoms with Crippen LogP contribution in [-0.2, 0) is 17.9 Å². The van der Waals surface area contributed by atoms with Crippen molar-refractivity contribution < 1.29 is 23.7 Å². The smallest absolute Gasteiger partial charge is 0.355 e. The summed E-state index contributed by atoms with van der Waals surface area (Å²) in [6.07, 6.45) is 0. The summed E-state index contributed by atoms with van der Waals surface area (Å²) >= 11 is 1.16. The average Bonchev–Trinajstić information content (AvgIpc) is 3.62. The molecule has 0 spiro atoms. The van der Waals surface area contributed by atoms with Crippen molar-refractivity contribution in [2.24, 2.45) is 0 Å². The predicted octanol–water partition coefficient (Wildman–Crippen LogP) is 7.13. The summed E-state index contributed by atoms with van der Waals surface area (Å²) in [5.41, 5.74) is 6.34. The van der Waals surface area contributed by atoms with Gasteiger partial charge in [-0.05, 0) is 60.5 Å². The first kappa shape index (κ1) is 27.3. The van der Waals surface area contributed by atoms with Crippen LogP contribution in [-0.4, -0.2) is 40.1 Å². The van der Waals surface area contributed by atoms with Crippen LogP contribution in [0.5, 0.6) is 17.2 Å². The quantitative estimate of drug-likeness (QED) is 0.160. The summed E-state index contributed by atoms with van der Waals surface area (Å²) in [7, 11) is 3.25. The molecule has 2 aromatic heterocycles. The molecular weight excluding hydrogens is 550 g/mol. The van der Waals surface area contributed by atoms with Gasteiger partial charge in [0.2, 0.25) is 0 Å². The van der Waals surface area contributed by atoms with Gasteiger partial charge in [0.05, 0.1) is 44.6 Å². The van der Waals surface area contributed by atoms with Gasteiger partial charge in [0.1, 0.15) is 40.6 Å². The van der Waals surface area contributed by atoms with Crippen LogP contribution in [0.25, 0.3) is 33.1 Å². The topological polar surface area (TPSA) is 84.7 Å². The Morgan fingerprint density at radius 1 is 0.857 bits per heavy atom. The number of aromatic nitrogens is 3. The highest BCUT2D eigenvalue weighted by Gasteiger charge is 2.27. The van der Waals surface area contributed by atoms with E-state index in [1.54, 1.807) is 21.1 Å². The maximum absolute atomic E-state index is 13.8. The largest absolute Gasteiger partial charge is 0.497 e. The summed E-state index contributed by atoms with van der Waals surface area (Å²) in [5.74, 6) is 1.63. The fourth-order valence-electron chi connectivity index (χ4n) is 5.14. The van der Waals surface area contributed by atoms with E-state index in [-0.39, 0.29) is 6.61 Å². The molecule has 0 bridgehead atoms. The molecule has 0 atom stereocenters. The highest BCUT2D eigenvalue weighted by Crippen LogP contribution is 2.39. The summed E-state index contributed by atoms with van der Waals surface area (Å²) in [6.45, 7) is 2.79. The van der Waals surface area contributed by atoms with E-state index in [0.29, 0.717) is 36.1 Å². The number of nitrogens with zero attached hydrogens (tertiary/aromatic N) is 3. The standard InChI is InChI=1S/C33H29N3O5S/c1-4-40-33(37)32-31(22-10-14-27-28(17-22)35-42-34-27)26-13-11-25(41-20-21-8-6-5-7-9-21)18-29(26)36(32)19-23-16-24(38-2)12-15-30(23)39-3/h5-18H,4,19-20H2,1-3H3. The molecule has 0 fully saturated rings. The van der Waals surface area contributed by atoms with Gasteiger partial charge in [0.25, 0.3) is 0 Å². The Balaban J connectivity index is 1.57. The predicted molar refractivity (Wildman–Crippen MR) is 164 cm³/mol. The number of methoxy groups -OCH3 is 2. The third-order valence-corrected chi connectivity index (χ3v) is 7.67. The first-order valence-corrected chi connectivity index (χ1v) is 14.3. The Bertz CT molecular complexity index is 1880. The van der Waals surface area contributed by atoms with Crippen LogP contribution in [0.2, 0.25) is 0 Å². The van der Waals surface area contributed by atoms with E-state index in [1.807, 2.05) is 89.5 Å². The number of hydrogen-bond donors (Lipinski definition) is 0. The van der Waals surface area contributed by atoms with Crippen LogP contribution < -0.4 is 14.2 Å². The highest BCUT2D eigenvalue weighted by atomic mass is 32.1. The highest BCUT2D eigenvalue weighted by molar-refractivity contribution is 7.00. The van der Waals surface area contributed by atoms with Crippen LogP contribution in [0.15, 0.2) is 84.9 Å². The molecule has 2 heterocycles. The van der Waals surface area contributed by atoms with Gasteiger partial charge in [-0.1, -0.05) is 36.4 Å². The van der Waals surface area contributed by atoms with Gasteiger partial charge in [-0.25, -0.2) is 4.79 Å². The monoisotopic (exact) mass is 579 g/mol. The Kier molecular flexibility index (Phi) is 7.74. The first-order chi connectivity index (χ1) is 20.6. The van der Waals surface area contributed by atoms with E-state index in [4.69, 9.17) is 18.9 Å². The van der Waals surface area contributed by atoms with Gasteiger partial charge in [0, 0.05) is 22.6 Å². The van der Waals surface area contributed by atoms with Crippen molar-refractivity contribution in [1.82, 2.24) is 13.3 Å². The molecule has 42 heavy (non-hydrogen) atoms. The van der Waals surface area contributed by atoms with Crippen LogP contribution in [0.4, 0.5) is 0 Å². The Labute approximate surface area is 247 Å². The molecule has 0 aliphatic rings. The van der Waals surface area contributed by atoms with Crippen LogP contribution in [0.1, 0.15) is 28.5 Å². The minimum atomic E-state index is -0.422. The minimum absolute atomic E-state index is 0.239. The third-order valence-electron chi connectivity index (χ3n) is 7.11. The first-order valence-electron chi connectivity index (χ1n) is 13.5. The fourth-order valence-corrected chi connectivity index (χ4v) is 5.66. The van der Waals surface area contributed by atoms with E-state index < -0.39 is 5.97 Å². The molecular formula is C33H29N3O5S. The third kappa shape index (κ3) is 5.26. The van der Waals surface area contributed by atoms with Gasteiger partial charge in [-0.3, -0.25) is 0 Å². The van der Waals surface area contributed by atoms with E-state index in [9.17, 15) is 4.79 Å². The van der Waals surface area contributed by atoms with E-state index in [1.165, 1.54) is 0 Å². The average molecular weight is 580 g/mol. The molecule has 6 aromatic rings. The Hall–Kier alpha value is -4.89. The number of ether oxygens (including phenoxy) is 4. The van der Waals surface area contributed by atoms with E-state index in [0.717, 1.165) is 55.9 Å². The zero-order chi connectivity index (χ0) is 29.1. The van der Waals surface area contributed by atoms with Gasteiger partial charge in [-0.2, -0.15) is 8.75 Å². The molecule has 9 heteroatoms. The number of esters is 1. The number of carbonyl (C=O) groups is 1. The van der Waals surface area contributed by atoms with Crippen molar-refractivity contribution in [3.63, 3.8) is 0 Å². The van der Waals surface area contributed by atoms with Crippen LogP contribution in [0.3, 0.4) is 0 Å². The normalized spacial score (nSPS) is 11.1. The van der Waals surface area contributed by atoms with Gasteiger partial charge < -0.3 is 23.5 Å². The Morgan fingerprint density at radius 3 is 2.45 bits per heavy atom. The molecule has 0 amide bonds. The second kappa shape index (κ2) is 11.9.